The fourth-order valence-corrected chi connectivity index (χ4v) is 1.25. The van der Waals surface area contributed by atoms with Crippen LogP contribution in [0.3, 0.4) is 0 Å². The van der Waals surface area contributed by atoms with E-state index in [0.717, 1.165) is 6.54 Å². The maximum Gasteiger partial charge on any atom is 0.389 e. The van der Waals surface area contributed by atoms with Gasteiger partial charge < -0.3 is 10.2 Å². The van der Waals surface area contributed by atoms with Gasteiger partial charge in [0.05, 0.1) is 0 Å². The zero-order valence-corrected chi connectivity index (χ0v) is 8.99. The first-order chi connectivity index (χ1) is 6.31. The van der Waals surface area contributed by atoms with Gasteiger partial charge in [0.15, 0.2) is 0 Å². The van der Waals surface area contributed by atoms with E-state index in [0.29, 0.717) is 6.54 Å². The van der Waals surface area contributed by atoms with Gasteiger partial charge in [-0.15, -0.1) is 0 Å². The standard InChI is InChI=1S/C9H19F3N2/c1-8(7-14(2)3)13-6-4-5-9(10,11)12/h8,13H,4-7H2,1-3H3. The molecule has 0 aliphatic rings. The largest absolute Gasteiger partial charge is 0.389 e. The summed E-state index contributed by atoms with van der Waals surface area (Å²) < 4.78 is 35.3. The number of hydrogen-bond donors (Lipinski definition) is 1. The van der Waals surface area contributed by atoms with Gasteiger partial charge in [-0.05, 0) is 34.0 Å². The Labute approximate surface area is 83.5 Å². The Hall–Kier alpha value is -0.290. The van der Waals surface area contributed by atoms with Crippen LogP contribution in [0.25, 0.3) is 0 Å². The van der Waals surface area contributed by atoms with Crippen LogP contribution < -0.4 is 5.32 Å². The molecular weight excluding hydrogens is 193 g/mol. The molecule has 0 bridgehead atoms. The predicted octanol–water partition coefficient (Wildman–Crippen LogP) is 1.87. The van der Waals surface area contributed by atoms with Gasteiger partial charge in [-0.3, -0.25) is 0 Å². The third-order valence-corrected chi connectivity index (χ3v) is 1.77. The second kappa shape index (κ2) is 6.24. The van der Waals surface area contributed by atoms with E-state index < -0.39 is 12.6 Å². The molecule has 5 heteroatoms. The van der Waals surface area contributed by atoms with Gasteiger partial charge >= 0.3 is 6.18 Å². The lowest BCUT2D eigenvalue weighted by Crippen LogP contribution is -2.36. The number of nitrogens with zero attached hydrogens (tertiary/aromatic N) is 1. The summed E-state index contributed by atoms with van der Waals surface area (Å²) in [5, 5.41) is 3.04. The van der Waals surface area contributed by atoms with Crippen LogP contribution in [0.4, 0.5) is 13.2 Å². The molecule has 0 heterocycles. The maximum atomic E-state index is 11.8. The Bertz CT molecular complexity index is 145. The molecule has 0 saturated carbocycles. The minimum atomic E-state index is -4.02. The zero-order chi connectivity index (χ0) is 11.2. The van der Waals surface area contributed by atoms with Crippen molar-refractivity contribution in [2.24, 2.45) is 0 Å². The summed E-state index contributed by atoms with van der Waals surface area (Å²) >= 11 is 0. The van der Waals surface area contributed by atoms with Crippen molar-refractivity contribution in [2.75, 3.05) is 27.2 Å². The Balaban J connectivity index is 3.36. The number of nitrogens with one attached hydrogen (secondary N) is 1. The summed E-state index contributed by atoms with van der Waals surface area (Å²) in [5.74, 6) is 0. The lowest BCUT2D eigenvalue weighted by atomic mass is 10.2. The van der Waals surface area contributed by atoms with Crippen LogP contribution in [0.1, 0.15) is 19.8 Å². The summed E-state index contributed by atoms with van der Waals surface area (Å²) in [5.41, 5.74) is 0. The first-order valence-corrected chi connectivity index (χ1v) is 4.76. The first kappa shape index (κ1) is 13.7. The summed E-state index contributed by atoms with van der Waals surface area (Å²) in [6.45, 7) is 3.23. The van der Waals surface area contributed by atoms with Crippen molar-refractivity contribution in [3.63, 3.8) is 0 Å². The van der Waals surface area contributed by atoms with Crippen LogP contribution in [0, 0.1) is 0 Å². The highest BCUT2D eigenvalue weighted by molar-refractivity contribution is 4.63. The highest BCUT2D eigenvalue weighted by Crippen LogP contribution is 2.20. The fourth-order valence-electron chi connectivity index (χ4n) is 1.25. The number of likely N-dealkylation sites (N-methyl/N-ethyl adjacent to an activating group) is 1. The third kappa shape index (κ3) is 9.80. The van der Waals surface area contributed by atoms with Crippen molar-refractivity contribution in [2.45, 2.75) is 32.0 Å². The Morgan fingerprint density at radius 3 is 2.29 bits per heavy atom. The van der Waals surface area contributed by atoms with Crippen LogP contribution in [0.2, 0.25) is 0 Å². The number of alkyl halides is 3. The lowest BCUT2D eigenvalue weighted by molar-refractivity contribution is -0.135. The average molecular weight is 212 g/mol. The van der Waals surface area contributed by atoms with Crippen LogP contribution in [-0.2, 0) is 0 Å². The molecule has 0 aliphatic heterocycles. The smallest absolute Gasteiger partial charge is 0.313 e. The molecule has 0 aromatic carbocycles. The van der Waals surface area contributed by atoms with Gasteiger partial charge in [-0.1, -0.05) is 0 Å². The first-order valence-electron chi connectivity index (χ1n) is 4.76. The van der Waals surface area contributed by atoms with E-state index in [1.165, 1.54) is 0 Å². The normalized spacial score (nSPS) is 14.8. The molecule has 1 unspecified atom stereocenters. The molecule has 0 fully saturated rings. The van der Waals surface area contributed by atoms with E-state index in [4.69, 9.17) is 0 Å². The van der Waals surface area contributed by atoms with Gasteiger partial charge in [0.25, 0.3) is 0 Å². The Morgan fingerprint density at radius 2 is 1.86 bits per heavy atom. The van der Waals surface area contributed by atoms with Crippen LogP contribution in [0.5, 0.6) is 0 Å². The topological polar surface area (TPSA) is 15.3 Å². The zero-order valence-electron chi connectivity index (χ0n) is 8.99. The van der Waals surface area contributed by atoms with E-state index in [1.54, 1.807) is 0 Å². The van der Waals surface area contributed by atoms with Gasteiger partial charge in [0, 0.05) is 19.0 Å². The van der Waals surface area contributed by atoms with E-state index in [9.17, 15) is 13.2 Å². The van der Waals surface area contributed by atoms with Crippen LogP contribution in [-0.4, -0.2) is 44.3 Å². The molecular formula is C9H19F3N2. The molecule has 0 amide bonds. The molecule has 0 spiro atoms. The maximum absolute atomic E-state index is 11.8. The highest BCUT2D eigenvalue weighted by Gasteiger charge is 2.25. The molecule has 86 valence electrons. The van der Waals surface area contributed by atoms with E-state index in [1.807, 2.05) is 25.9 Å². The van der Waals surface area contributed by atoms with Gasteiger partial charge in [-0.2, -0.15) is 13.2 Å². The molecule has 0 rings (SSSR count). The quantitative estimate of drug-likeness (QED) is 0.676. The minimum Gasteiger partial charge on any atom is -0.313 e. The number of halogens is 3. The second-order valence-corrected chi connectivity index (χ2v) is 3.84. The Morgan fingerprint density at radius 1 is 1.29 bits per heavy atom. The second-order valence-electron chi connectivity index (χ2n) is 3.84. The van der Waals surface area contributed by atoms with Crippen molar-refractivity contribution >= 4 is 0 Å². The van der Waals surface area contributed by atoms with Crippen molar-refractivity contribution < 1.29 is 13.2 Å². The van der Waals surface area contributed by atoms with Gasteiger partial charge in [-0.25, -0.2) is 0 Å². The average Bonchev–Trinajstić information content (AvgIpc) is 1.95. The van der Waals surface area contributed by atoms with Crippen molar-refractivity contribution in [3.05, 3.63) is 0 Å². The molecule has 0 saturated heterocycles. The van der Waals surface area contributed by atoms with E-state index in [2.05, 4.69) is 5.32 Å². The number of hydrogen-bond acceptors (Lipinski definition) is 2. The summed E-state index contributed by atoms with van der Waals surface area (Å²) in [4.78, 5) is 2.00. The Kier molecular flexibility index (Phi) is 6.11. The fraction of sp³-hybridized carbons (Fsp3) is 1.00. The SMILES string of the molecule is CC(CN(C)C)NCCCC(F)(F)F. The number of rotatable bonds is 6. The van der Waals surface area contributed by atoms with E-state index >= 15 is 0 Å². The summed E-state index contributed by atoms with van der Waals surface area (Å²) in [6, 6.07) is 0.234. The molecule has 0 radical (unpaired) electrons. The summed E-state index contributed by atoms with van der Waals surface area (Å²) in [7, 11) is 3.88. The molecule has 1 N–H and O–H groups in total. The van der Waals surface area contributed by atoms with Crippen molar-refractivity contribution in [3.8, 4) is 0 Å². The predicted molar refractivity (Wildman–Crippen MR) is 51.3 cm³/mol. The molecule has 2 nitrogen and oxygen atoms in total. The van der Waals surface area contributed by atoms with Crippen LogP contribution in [0.15, 0.2) is 0 Å². The van der Waals surface area contributed by atoms with E-state index in [-0.39, 0.29) is 12.5 Å². The molecule has 14 heavy (non-hydrogen) atoms. The molecule has 0 aliphatic carbocycles. The summed E-state index contributed by atoms with van der Waals surface area (Å²) in [6.07, 6.45) is -4.57. The monoisotopic (exact) mass is 212 g/mol. The lowest BCUT2D eigenvalue weighted by Gasteiger charge is -2.18. The molecule has 0 aromatic heterocycles. The van der Waals surface area contributed by atoms with Crippen LogP contribution >= 0.6 is 0 Å². The van der Waals surface area contributed by atoms with Gasteiger partial charge in [0.1, 0.15) is 0 Å². The molecule has 0 aromatic rings. The van der Waals surface area contributed by atoms with Crippen molar-refractivity contribution in [1.82, 2.24) is 10.2 Å². The minimum absolute atomic E-state index is 0.154. The van der Waals surface area contributed by atoms with Crippen molar-refractivity contribution in [1.29, 1.82) is 0 Å². The van der Waals surface area contributed by atoms with Gasteiger partial charge in [0.2, 0.25) is 0 Å². The third-order valence-electron chi connectivity index (χ3n) is 1.77. The molecule has 1 atom stereocenters. The highest BCUT2D eigenvalue weighted by atomic mass is 19.4.